The van der Waals surface area contributed by atoms with Crippen molar-refractivity contribution in [2.45, 2.75) is 0 Å². The number of halogens is 1. The van der Waals surface area contributed by atoms with Crippen LogP contribution in [0.15, 0.2) is 73.1 Å². The molecule has 0 atom stereocenters. The van der Waals surface area contributed by atoms with Gasteiger partial charge in [0.25, 0.3) is 5.69 Å². The number of benzene rings is 2. The molecule has 30 heavy (non-hydrogen) atoms. The van der Waals surface area contributed by atoms with E-state index in [1.54, 1.807) is 65.2 Å². The first kappa shape index (κ1) is 19.4. The molecule has 4 aromatic rings. The van der Waals surface area contributed by atoms with Crippen molar-refractivity contribution in [2.24, 2.45) is 0 Å². The van der Waals surface area contributed by atoms with Crippen LogP contribution in [0.3, 0.4) is 0 Å². The molecule has 0 bridgehead atoms. The molecule has 2 aromatic carbocycles. The molecule has 9 heteroatoms. The van der Waals surface area contributed by atoms with E-state index in [1.807, 2.05) is 0 Å². The van der Waals surface area contributed by atoms with Gasteiger partial charge >= 0.3 is 5.97 Å². The van der Waals surface area contributed by atoms with Gasteiger partial charge in [-0.2, -0.15) is 0 Å². The van der Waals surface area contributed by atoms with Crippen molar-refractivity contribution in [1.29, 1.82) is 0 Å². The lowest BCUT2D eigenvalue weighted by molar-refractivity contribution is -0.385. The molecule has 2 aromatic heterocycles. The zero-order valence-electron chi connectivity index (χ0n) is 15.4. The average Bonchev–Trinajstić information content (AvgIpc) is 3.17. The summed E-state index contributed by atoms with van der Waals surface area (Å²) in [5.74, 6) is 0.333. The third-order valence-electron chi connectivity index (χ3n) is 4.20. The van der Waals surface area contributed by atoms with Gasteiger partial charge in [0.1, 0.15) is 17.1 Å². The molecule has 0 fully saturated rings. The van der Waals surface area contributed by atoms with Crippen LogP contribution in [0.2, 0.25) is 5.02 Å². The average molecular weight is 424 g/mol. The number of carbonyl (C=O) groups excluding carboxylic acids is 1. The van der Waals surface area contributed by atoms with Crippen molar-refractivity contribution in [3.63, 3.8) is 0 Å². The highest BCUT2D eigenvalue weighted by atomic mass is 35.5. The number of carbonyl (C=O) groups is 1. The number of pyridine rings is 1. The van der Waals surface area contributed by atoms with Crippen LogP contribution in [0.1, 0.15) is 0 Å². The summed E-state index contributed by atoms with van der Waals surface area (Å²) < 4.78 is 12.2. The Kier molecular flexibility index (Phi) is 5.32. The molecule has 0 aliphatic rings. The van der Waals surface area contributed by atoms with Crippen LogP contribution in [-0.2, 0) is 4.79 Å². The van der Waals surface area contributed by atoms with Crippen molar-refractivity contribution < 1.29 is 19.2 Å². The summed E-state index contributed by atoms with van der Waals surface area (Å²) in [6.07, 6.45) is 3.10. The molecular weight excluding hydrogens is 410 g/mol. The molecule has 0 radical (unpaired) electrons. The molecular formula is C21H14ClN3O5. The van der Waals surface area contributed by atoms with Crippen LogP contribution >= 0.6 is 11.6 Å². The molecule has 8 nitrogen and oxygen atoms in total. The van der Waals surface area contributed by atoms with Gasteiger partial charge in [-0.15, -0.1) is 0 Å². The van der Waals surface area contributed by atoms with Crippen LogP contribution in [0, 0.1) is 10.1 Å². The lowest BCUT2D eigenvalue weighted by atomic mass is 10.2. The lowest BCUT2D eigenvalue weighted by Crippen LogP contribution is -2.17. The Bertz CT molecular complexity index is 1220. The molecule has 4 rings (SSSR count). The number of nitrogens with zero attached hydrogens (tertiary/aromatic N) is 3. The third kappa shape index (κ3) is 4.39. The minimum atomic E-state index is -0.544. The standard InChI is InChI=1S/C21H14ClN3O5/c22-15-3-8-17(9-4-15)29-13-21(26)30-18-6-1-14(2-7-18)19-12-24-11-16(25(27)28)5-10-20(24)23-19/h1-12H,13H2. The number of hydrogen-bond donors (Lipinski definition) is 0. The van der Waals surface area contributed by atoms with Crippen molar-refractivity contribution in [3.8, 4) is 22.8 Å². The predicted molar refractivity (Wildman–Crippen MR) is 110 cm³/mol. The molecule has 0 saturated carbocycles. The molecule has 0 aliphatic heterocycles. The van der Waals surface area contributed by atoms with E-state index < -0.39 is 10.9 Å². The fourth-order valence-electron chi connectivity index (χ4n) is 2.75. The molecule has 0 spiro atoms. The summed E-state index contributed by atoms with van der Waals surface area (Å²) in [6, 6.07) is 16.4. The van der Waals surface area contributed by atoms with Crippen LogP contribution in [0.5, 0.6) is 11.5 Å². The highest BCUT2D eigenvalue weighted by molar-refractivity contribution is 6.30. The molecule has 150 valence electrons. The second-order valence-corrected chi connectivity index (χ2v) is 6.71. The summed E-state index contributed by atoms with van der Waals surface area (Å²) in [7, 11) is 0. The number of esters is 1. The minimum Gasteiger partial charge on any atom is -0.482 e. The Morgan fingerprint density at radius 3 is 2.40 bits per heavy atom. The number of ether oxygens (including phenoxy) is 2. The zero-order valence-corrected chi connectivity index (χ0v) is 16.2. The topological polar surface area (TPSA) is 96.0 Å². The fourth-order valence-corrected chi connectivity index (χ4v) is 2.88. The smallest absolute Gasteiger partial charge is 0.349 e. The number of rotatable bonds is 6. The molecule has 2 heterocycles. The van der Waals surface area contributed by atoms with Gasteiger partial charge in [-0.3, -0.25) is 14.5 Å². The van der Waals surface area contributed by atoms with E-state index in [0.717, 1.165) is 5.56 Å². The van der Waals surface area contributed by atoms with Gasteiger partial charge in [0.05, 0.1) is 16.8 Å². The Morgan fingerprint density at radius 1 is 1.00 bits per heavy atom. The van der Waals surface area contributed by atoms with Crippen LogP contribution in [-0.4, -0.2) is 26.9 Å². The van der Waals surface area contributed by atoms with Crippen molar-refractivity contribution in [1.82, 2.24) is 9.38 Å². The van der Waals surface area contributed by atoms with Crippen LogP contribution in [0.25, 0.3) is 16.9 Å². The van der Waals surface area contributed by atoms with E-state index in [9.17, 15) is 14.9 Å². The highest BCUT2D eigenvalue weighted by Crippen LogP contribution is 2.24. The molecule has 0 saturated heterocycles. The molecule has 0 aliphatic carbocycles. The van der Waals surface area contributed by atoms with Gasteiger partial charge in [-0.05, 0) is 54.6 Å². The van der Waals surface area contributed by atoms with E-state index in [2.05, 4.69) is 4.98 Å². The monoisotopic (exact) mass is 423 g/mol. The first-order chi connectivity index (χ1) is 14.5. The maximum absolute atomic E-state index is 12.0. The van der Waals surface area contributed by atoms with Gasteiger partial charge in [-0.25, -0.2) is 9.78 Å². The Morgan fingerprint density at radius 2 is 1.70 bits per heavy atom. The zero-order chi connectivity index (χ0) is 21.1. The fraction of sp³-hybridized carbons (Fsp3) is 0.0476. The molecule has 0 amide bonds. The largest absolute Gasteiger partial charge is 0.482 e. The van der Waals surface area contributed by atoms with E-state index in [-0.39, 0.29) is 12.3 Å². The second kappa shape index (κ2) is 8.22. The van der Waals surface area contributed by atoms with Gasteiger partial charge in [0, 0.05) is 22.8 Å². The van der Waals surface area contributed by atoms with Gasteiger partial charge in [0.15, 0.2) is 6.61 Å². The highest BCUT2D eigenvalue weighted by Gasteiger charge is 2.11. The summed E-state index contributed by atoms with van der Waals surface area (Å²) in [4.78, 5) is 26.9. The van der Waals surface area contributed by atoms with Crippen molar-refractivity contribution in [2.75, 3.05) is 6.61 Å². The maximum Gasteiger partial charge on any atom is 0.349 e. The van der Waals surface area contributed by atoms with Crippen LogP contribution in [0.4, 0.5) is 5.69 Å². The van der Waals surface area contributed by atoms with E-state index in [1.165, 1.54) is 12.3 Å². The van der Waals surface area contributed by atoms with Gasteiger partial charge < -0.3 is 9.47 Å². The summed E-state index contributed by atoms with van der Waals surface area (Å²) >= 11 is 5.80. The van der Waals surface area contributed by atoms with E-state index in [4.69, 9.17) is 21.1 Å². The predicted octanol–water partition coefficient (Wildman–Crippen LogP) is 4.55. The Labute approximate surface area is 175 Å². The first-order valence-electron chi connectivity index (χ1n) is 8.80. The third-order valence-corrected chi connectivity index (χ3v) is 4.45. The van der Waals surface area contributed by atoms with Crippen molar-refractivity contribution >= 4 is 28.9 Å². The molecule has 0 unspecified atom stereocenters. The summed E-state index contributed by atoms with van der Waals surface area (Å²) in [5, 5.41) is 11.5. The van der Waals surface area contributed by atoms with Crippen molar-refractivity contribution in [3.05, 3.63) is 88.2 Å². The van der Waals surface area contributed by atoms with Gasteiger partial charge in [-0.1, -0.05) is 11.6 Å². The molecule has 0 N–H and O–H groups in total. The Hall–Kier alpha value is -3.91. The second-order valence-electron chi connectivity index (χ2n) is 6.28. The number of hydrogen-bond acceptors (Lipinski definition) is 6. The first-order valence-corrected chi connectivity index (χ1v) is 9.18. The lowest BCUT2D eigenvalue weighted by Gasteiger charge is -2.07. The number of nitro groups is 1. The summed E-state index contributed by atoms with van der Waals surface area (Å²) in [5.41, 5.74) is 1.98. The number of imidazole rings is 1. The van der Waals surface area contributed by atoms with E-state index in [0.29, 0.717) is 27.9 Å². The minimum absolute atomic E-state index is 0.0190. The number of aromatic nitrogens is 2. The Balaban J connectivity index is 1.41. The number of fused-ring (bicyclic) bond motifs is 1. The quantitative estimate of drug-likeness (QED) is 0.195. The summed E-state index contributed by atoms with van der Waals surface area (Å²) in [6.45, 7) is -0.241. The van der Waals surface area contributed by atoms with E-state index >= 15 is 0 Å². The maximum atomic E-state index is 12.0. The van der Waals surface area contributed by atoms with Crippen LogP contribution < -0.4 is 9.47 Å². The van der Waals surface area contributed by atoms with Gasteiger partial charge in [0.2, 0.25) is 0 Å². The normalized spacial score (nSPS) is 10.7. The SMILES string of the molecule is O=C(COc1ccc(Cl)cc1)Oc1ccc(-c2cn3cc([N+](=O)[O-])ccc3n2)cc1.